The van der Waals surface area contributed by atoms with Gasteiger partial charge in [-0.25, -0.2) is 9.97 Å². The van der Waals surface area contributed by atoms with Crippen LogP contribution in [-0.2, 0) is 4.79 Å². The van der Waals surface area contributed by atoms with Crippen LogP contribution in [0.25, 0.3) is 0 Å². The summed E-state index contributed by atoms with van der Waals surface area (Å²) >= 11 is 0. The van der Waals surface area contributed by atoms with Gasteiger partial charge in [0.15, 0.2) is 0 Å². The fraction of sp³-hybridized carbons (Fsp3) is 0.545. The van der Waals surface area contributed by atoms with E-state index < -0.39 is 0 Å². The Bertz CT molecular complexity index is 353. The number of piperidine rings is 1. The van der Waals surface area contributed by atoms with E-state index >= 15 is 0 Å². The minimum absolute atomic E-state index is 0.00644. The van der Waals surface area contributed by atoms with Crippen molar-refractivity contribution in [2.75, 3.05) is 11.4 Å². The van der Waals surface area contributed by atoms with Gasteiger partial charge in [-0.2, -0.15) is 0 Å². The topological polar surface area (TPSA) is 46.1 Å². The molecular weight excluding hydrogens is 190 g/mol. The Labute approximate surface area is 89.3 Å². The molecule has 1 aliphatic rings. The molecule has 1 aromatic heterocycles. The van der Waals surface area contributed by atoms with Crippen LogP contribution in [0.3, 0.4) is 0 Å². The number of rotatable bonds is 2. The van der Waals surface area contributed by atoms with Crippen LogP contribution in [0.15, 0.2) is 12.3 Å². The van der Waals surface area contributed by atoms with E-state index in [0.29, 0.717) is 0 Å². The largest absolute Gasteiger partial charge is 0.347 e. The Morgan fingerprint density at radius 1 is 1.53 bits per heavy atom. The second kappa shape index (κ2) is 4.38. The van der Waals surface area contributed by atoms with Gasteiger partial charge in [0.1, 0.15) is 17.9 Å². The smallest absolute Gasteiger partial charge is 0.142 e. The third kappa shape index (κ3) is 2.14. The highest BCUT2D eigenvalue weighted by molar-refractivity contribution is 5.65. The van der Waals surface area contributed by atoms with Crippen LogP contribution in [-0.4, -0.2) is 28.8 Å². The van der Waals surface area contributed by atoms with Gasteiger partial charge in [0.05, 0.1) is 6.04 Å². The van der Waals surface area contributed by atoms with Crippen LogP contribution in [0.1, 0.15) is 25.1 Å². The van der Waals surface area contributed by atoms with Crippen molar-refractivity contribution in [3.8, 4) is 0 Å². The van der Waals surface area contributed by atoms with E-state index in [4.69, 9.17) is 0 Å². The van der Waals surface area contributed by atoms with E-state index in [1.54, 1.807) is 6.20 Å². The van der Waals surface area contributed by atoms with Gasteiger partial charge >= 0.3 is 0 Å². The lowest BCUT2D eigenvalue weighted by Crippen LogP contribution is -2.41. The first-order valence-electron chi connectivity index (χ1n) is 5.33. The molecule has 80 valence electrons. The van der Waals surface area contributed by atoms with Crippen molar-refractivity contribution in [2.45, 2.75) is 32.2 Å². The summed E-state index contributed by atoms with van der Waals surface area (Å²) in [6, 6.07) is 1.86. The molecule has 0 N–H and O–H groups in total. The number of aromatic nitrogens is 2. The van der Waals surface area contributed by atoms with Crippen LogP contribution >= 0.6 is 0 Å². The molecule has 2 heterocycles. The Hall–Kier alpha value is -1.45. The van der Waals surface area contributed by atoms with E-state index in [2.05, 4.69) is 14.9 Å². The van der Waals surface area contributed by atoms with E-state index in [0.717, 1.165) is 43.7 Å². The summed E-state index contributed by atoms with van der Waals surface area (Å²) in [5.41, 5.74) is 0. The molecule has 4 heteroatoms. The van der Waals surface area contributed by atoms with Crippen molar-refractivity contribution in [1.29, 1.82) is 0 Å². The van der Waals surface area contributed by atoms with Gasteiger partial charge in [0, 0.05) is 12.7 Å². The summed E-state index contributed by atoms with van der Waals surface area (Å²) in [5, 5.41) is 0. The molecular formula is C11H15N3O. The Balaban J connectivity index is 2.23. The van der Waals surface area contributed by atoms with Crippen molar-refractivity contribution in [2.24, 2.45) is 0 Å². The van der Waals surface area contributed by atoms with Crippen molar-refractivity contribution < 1.29 is 4.79 Å². The lowest BCUT2D eigenvalue weighted by Gasteiger charge is -2.33. The Morgan fingerprint density at radius 2 is 2.40 bits per heavy atom. The van der Waals surface area contributed by atoms with Crippen LogP contribution in [0, 0.1) is 6.92 Å². The van der Waals surface area contributed by atoms with Crippen molar-refractivity contribution in [1.82, 2.24) is 9.97 Å². The molecule has 0 spiro atoms. The zero-order valence-electron chi connectivity index (χ0n) is 8.89. The van der Waals surface area contributed by atoms with E-state index in [1.807, 2.05) is 13.0 Å². The number of carbonyl (C=O) groups excluding carboxylic acids is 1. The predicted molar refractivity (Wildman–Crippen MR) is 57.8 cm³/mol. The lowest BCUT2D eigenvalue weighted by atomic mass is 10.0. The summed E-state index contributed by atoms with van der Waals surface area (Å²) in [4.78, 5) is 21.4. The maximum absolute atomic E-state index is 10.9. The van der Waals surface area contributed by atoms with Crippen molar-refractivity contribution in [3.63, 3.8) is 0 Å². The molecule has 0 aliphatic carbocycles. The minimum Gasteiger partial charge on any atom is -0.347 e. The fourth-order valence-electron chi connectivity index (χ4n) is 1.99. The number of aldehydes is 1. The van der Waals surface area contributed by atoms with Gasteiger partial charge in [0.2, 0.25) is 0 Å². The maximum atomic E-state index is 10.9. The molecule has 0 saturated carbocycles. The zero-order chi connectivity index (χ0) is 10.7. The van der Waals surface area contributed by atoms with E-state index in [1.165, 1.54) is 0 Å². The fourth-order valence-corrected chi connectivity index (χ4v) is 1.99. The van der Waals surface area contributed by atoms with Gasteiger partial charge < -0.3 is 9.69 Å². The highest BCUT2D eigenvalue weighted by atomic mass is 16.1. The number of anilines is 1. The van der Waals surface area contributed by atoms with Crippen molar-refractivity contribution in [3.05, 3.63) is 18.1 Å². The second-order valence-corrected chi connectivity index (χ2v) is 3.85. The van der Waals surface area contributed by atoms with Gasteiger partial charge in [-0.3, -0.25) is 0 Å². The zero-order valence-corrected chi connectivity index (χ0v) is 8.89. The first-order valence-corrected chi connectivity index (χ1v) is 5.33. The standard InChI is InChI=1S/C11H15N3O/c1-9-12-6-5-11(13-9)14-7-3-2-4-10(14)8-15/h5-6,8,10H,2-4,7H2,1H3. The summed E-state index contributed by atoms with van der Waals surface area (Å²) in [6.07, 6.45) is 5.97. The molecule has 1 aromatic rings. The van der Waals surface area contributed by atoms with Gasteiger partial charge in [-0.05, 0) is 32.3 Å². The molecule has 1 fully saturated rings. The van der Waals surface area contributed by atoms with Crippen LogP contribution in [0.2, 0.25) is 0 Å². The number of carbonyl (C=O) groups is 1. The first kappa shape index (κ1) is 10.1. The molecule has 1 saturated heterocycles. The average Bonchev–Trinajstić information content (AvgIpc) is 2.29. The maximum Gasteiger partial charge on any atom is 0.142 e. The summed E-state index contributed by atoms with van der Waals surface area (Å²) in [5.74, 6) is 1.63. The minimum atomic E-state index is -0.00644. The molecule has 0 radical (unpaired) electrons. The molecule has 1 unspecified atom stereocenters. The first-order chi connectivity index (χ1) is 7.31. The molecule has 0 aromatic carbocycles. The van der Waals surface area contributed by atoms with Crippen LogP contribution in [0.4, 0.5) is 5.82 Å². The third-order valence-electron chi connectivity index (χ3n) is 2.76. The molecule has 2 rings (SSSR count). The summed E-state index contributed by atoms with van der Waals surface area (Å²) < 4.78 is 0. The lowest BCUT2D eigenvalue weighted by molar-refractivity contribution is -0.109. The van der Waals surface area contributed by atoms with Gasteiger partial charge in [-0.15, -0.1) is 0 Å². The average molecular weight is 205 g/mol. The third-order valence-corrected chi connectivity index (χ3v) is 2.76. The summed E-state index contributed by atoms with van der Waals surface area (Å²) in [7, 11) is 0. The predicted octanol–water partition coefficient (Wildman–Crippen LogP) is 1.34. The number of aryl methyl sites for hydroxylation is 1. The van der Waals surface area contributed by atoms with E-state index in [-0.39, 0.29) is 6.04 Å². The van der Waals surface area contributed by atoms with Crippen molar-refractivity contribution >= 4 is 12.1 Å². The number of nitrogens with zero attached hydrogens (tertiary/aromatic N) is 3. The second-order valence-electron chi connectivity index (χ2n) is 3.85. The highest BCUT2D eigenvalue weighted by Crippen LogP contribution is 2.21. The van der Waals surface area contributed by atoms with E-state index in [9.17, 15) is 4.79 Å². The van der Waals surface area contributed by atoms with Gasteiger partial charge in [0.25, 0.3) is 0 Å². The van der Waals surface area contributed by atoms with Crippen LogP contribution < -0.4 is 4.90 Å². The number of hydrogen-bond donors (Lipinski definition) is 0. The van der Waals surface area contributed by atoms with Gasteiger partial charge in [-0.1, -0.05) is 0 Å². The molecule has 15 heavy (non-hydrogen) atoms. The molecule has 1 aliphatic heterocycles. The normalized spacial score (nSPS) is 21.4. The summed E-state index contributed by atoms with van der Waals surface area (Å²) in [6.45, 7) is 2.78. The quantitative estimate of drug-likeness (QED) is 0.683. The Kier molecular flexibility index (Phi) is 2.94. The number of hydrogen-bond acceptors (Lipinski definition) is 4. The molecule has 0 amide bonds. The molecule has 0 bridgehead atoms. The SMILES string of the molecule is Cc1nccc(N2CCCCC2C=O)n1. The Morgan fingerprint density at radius 3 is 3.13 bits per heavy atom. The van der Waals surface area contributed by atoms with Crippen LogP contribution in [0.5, 0.6) is 0 Å². The molecule has 4 nitrogen and oxygen atoms in total. The monoisotopic (exact) mass is 205 g/mol. The highest BCUT2D eigenvalue weighted by Gasteiger charge is 2.22. The molecule has 1 atom stereocenters.